The molecule has 2 aromatic rings. The van der Waals surface area contributed by atoms with Crippen LogP contribution in [0, 0.1) is 11.6 Å². The van der Waals surface area contributed by atoms with Crippen LogP contribution in [0.3, 0.4) is 0 Å². The van der Waals surface area contributed by atoms with Gasteiger partial charge < -0.3 is 15.0 Å². The summed E-state index contributed by atoms with van der Waals surface area (Å²) in [5.74, 6) is -0.997. The van der Waals surface area contributed by atoms with Crippen LogP contribution in [0.1, 0.15) is 5.56 Å². The standard InChI is InChI=1S/C11H8F2N2O2/c12-6-3-7(13)11-5(1-2-16-11)10(6)8-4-9(14)15-17-8/h3-4H,1-2H2,(H2,14,15). The van der Waals surface area contributed by atoms with Gasteiger partial charge in [0.05, 0.1) is 12.2 Å². The van der Waals surface area contributed by atoms with Gasteiger partial charge >= 0.3 is 0 Å². The maximum Gasteiger partial charge on any atom is 0.172 e. The molecular weight excluding hydrogens is 230 g/mol. The lowest BCUT2D eigenvalue weighted by molar-refractivity contribution is 0.338. The Balaban J connectivity index is 2.26. The van der Waals surface area contributed by atoms with E-state index >= 15 is 0 Å². The Labute approximate surface area is 95.0 Å². The number of ether oxygens (including phenoxy) is 1. The molecule has 1 aromatic carbocycles. The van der Waals surface area contributed by atoms with Crippen LogP contribution in [0.15, 0.2) is 16.7 Å². The third kappa shape index (κ3) is 1.44. The van der Waals surface area contributed by atoms with Crippen molar-refractivity contribution in [3.63, 3.8) is 0 Å². The van der Waals surface area contributed by atoms with Gasteiger partial charge in [0.25, 0.3) is 0 Å². The Hall–Kier alpha value is -2.11. The molecule has 1 aliphatic heterocycles. The smallest absolute Gasteiger partial charge is 0.172 e. The molecule has 17 heavy (non-hydrogen) atoms. The van der Waals surface area contributed by atoms with E-state index in [1.165, 1.54) is 6.07 Å². The minimum Gasteiger partial charge on any atom is -0.490 e. The Morgan fingerprint density at radius 1 is 1.24 bits per heavy atom. The molecule has 0 saturated heterocycles. The molecule has 2 N–H and O–H groups in total. The fraction of sp³-hybridized carbons (Fsp3) is 0.182. The summed E-state index contributed by atoms with van der Waals surface area (Å²) >= 11 is 0. The molecule has 0 bridgehead atoms. The lowest BCUT2D eigenvalue weighted by Gasteiger charge is -2.06. The van der Waals surface area contributed by atoms with Gasteiger partial charge in [-0.05, 0) is 0 Å². The van der Waals surface area contributed by atoms with Crippen molar-refractivity contribution in [2.24, 2.45) is 0 Å². The summed E-state index contributed by atoms with van der Waals surface area (Å²) in [5, 5.41) is 3.48. The number of aromatic nitrogens is 1. The van der Waals surface area contributed by atoms with E-state index in [1.807, 2.05) is 0 Å². The summed E-state index contributed by atoms with van der Waals surface area (Å²) < 4.78 is 37.2. The predicted molar refractivity (Wildman–Crippen MR) is 55.5 cm³/mol. The molecule has 2 heterocycles. The topological polar surface area (TPSA) is 61.3 Å². The van der Waals surface area contributed by atoms with Crippen molar-refractivity contribution in [3.05, 3.63) is 29.3 Å². The Morgan fingerprint density at radius 3 is 2.76 bits per heavy atom. The molecule has 3 rings (SSSR count). The fourth-order valence-corrected chi connectivity index (χ4v) is 1.97. The van der Waals surface area contributed by atoms with Crippen molar-refractivity contribution < 1.29 is 18.0 Å². The third-order valence-corrected chi connectivity index (χ3v) is 2.66. The first-order valence-electron chi connectivity index (χ1n) is 5.03. The first-order chi connectivity index (χ1) is 8.16. The zero-order valence-corrected chi connectivity index (χ0v) is 8.67. The van der Waals surface area contributed by atoms with Gasteiger partial charge in [-0.2, -0.15) is 0 Å². The number of benzene rings is 1. The molecule has 1 aliphatic rings. The number of hydrogen-bond donors (Lipinski definition) is 1. The van der Waals surface area contributed by atoms with Crippen molar-refractivity contribution in [3.8, 4) is 17.1 Å². The number of hydrogen-bond acceptors (Lipinski definition) is 4. The number of anilines is 1. The van der Waals surface area contributed by atoms with E-state index < -0.39 is 11.6 Å². The molecule has 0 fully saturated rings. The van der Waals surface area contributed by atoms with Crippen molar-refractivity contribution in [2.45, 2.75) is 6.42 Å². The van der Waals surface area contributed by atoms with Crippen LogP contribution in [0.25, 0.3) is 11.3 Å². The normalized spacial score (nSPS) is 13.5. The first kappa shape index (κ1) is 10.1. The molecule has 0 saturated carbocycles. The minimum atomic E-state index is -0.706. The summed E-state index contributed by atoms with van der Waals surface area (Å²) in [7, 11) is 0. The van der Waals surface area contributed by atoms with Crippen LogP contribution in [0.2, 0.25) is 0 Å². The van der Waals surface area contributed by atoms with Gasteiger partial charge in [0.1, 0.15) is 5.82 Å². The van der Waals surface area contributed by atoms with Gasteiger partial charge in [-0.15, -0.1) is 0 Å². The first-order valence-corrected chi connectivity index (χ1v) is 5.03. The third-order valence-electron chi connectivity index (χ3n) is 2.66. The van der Waals surface area contributed by atoms with Crippen LogP contribution in [-0.2, 0) is 6.42 Å². The monoisotopic (exact) mass is 238 g/mol. The molecule has 0 spiro atoms. The highest BCUT2D eigenvalue weighted by molar-refractivity contribution is 5.69. The molecular formula is C11H8F2N2O2. The average Bonchev–Trinajstić information content (AvgIpc) is 2.87. The van der Waals surface area contributed by atoms with Gasteiger partial charge in [-0.25, -0.2) is 8.78 Å². The van der Waals surface area contributed by atoms with Crippen molar-refractivity contribution >= 4 is 5.82 Å². The van der Waals surface area contributed by atoms with E-state index in [-0.39, 0.29) is 22.9 Å². The van der Waals surface area contributed by atoms with Crippen molar-refractivity contribution in [2.75, 3.05) is 12.3 Å². The number of nitrogens with two attached hydrogens (primary N) is 1. The van der Waals surface area contributed by atoms with Crippen LogP contribution in [0.4, 0.5) is 14.6 Å². The van der Waals surface area contributed by atoms with Crippen LogP contribution in [-0.4, -0.2) is 11.8 Å². The summed E-state index contributed by atoms with van der Waals surface area (Å²) in [6.45, 7) is 0.326. The van der Waals surface area contributed by atoms with Crippen molar-refractivity contribution in [1.82, 2.24) is 5.16 Å². The molecule has 4 nitrogen and oxygen atoms in total. The number of rotatable bonds is 1. The molecule has 1 aromatic heterocycles. The quantitative estimate of drug-likeness (QED) is 0.826. The second-order valence-electron chi connectivity index (χ2n) is 3.74. The molecule has 6 heteroatoms. The highest BCUT2D eigenvalue weighted by atomic mass is 19.1. The van der Waals surface area contributed by atoms with E-state index in [4.69, 9.17) is 15.0 Å². The molecule has 0 unspecified atom stereocenters. The van der Waals surface area contributed by atoms with Crippen molar-refractivity contribution in [1.29, 1.82) is 0 Å². The van der Waals surface area contributed by atoms with Gasteiger partial charge in [0.2, 0.25) is 0 Å². The van der Waals surface area contributed by atoms with E-state index in [2.05, 4.69) is 5.16 Å². The van der Waals surface area contributed by atoms with Gasteiger partial charge in [-0.3, -0.25) is 0 Å². The zero-order chi connectivity index (χ0) is 12.0. The molecule has 0 radical (unpaired) electrons. The van der Waals surface area contributed by atoms with Gasteiger partial charge in [0.15, 0.2) is 23.1 Å². The Bertz CT molecular complexity index is 595. The van der Waals surface area contributed by atoms with E-state index in [0.29, 0.717) is 18.6 Å². The van der Waals surface area contributed by atoms with Crippen LogP contribution < -0.4 is 10.5 Å². The highest BCUT2D eigenvalue weighted by Gasteiger charge is 2.26. The second-order valence-corrected chi connectivity index (χ2v) is 3.74. The van der Waals surface area contributed by atoms with Crippen LogP contribution in [0.5, 0.6) is 5.75 Å². The fourth-order valence-electron chi connectivity index (χ4n) is 1.97. The molecule has 88 valence electrons. The number of nitrogens with zero attached hydrogens (tertiary/aromatic N) is 1. The molecule has 0 amide bonds. The summed E-state index contributed by atoms with van der Waals surface area (Å²) in [6.07, 6.45) is 0.431. The number of nitrogen functional groups attached to an aromatic ring is 1. The number of fused-ring (bicyclic) bond motifs is 1. The van der Waals surface area contributed by atoms with E-state index in [0.717, 1.165) is 6.07 Å². The maximum absolute atomic E-state index is 13.8. The summed E-state index contributed by atoms with van der Waals surface area (Å²) in [6, 6.07) is 2.17. The second kappa shape index (κ2) is 3.44. The lowest BCUT2D eigenvalue weighted by Crippen LogP contribution is -1.93. The van der Waals surface area contributed by atoms with E-state index in [1.54, 1.807) is 0 Å². The molecule has 0 aliphatic carbocycles. The van der Waals surface area contributed by atoms with Gasteiger partial charge in [-0.1, -0.05) is 5.16 Å². The predicted octanol–water partition coefficient (Wildman–Crippen LogP) is 2.14. The minimum absolute atomic E-state index is 0.0800. The summed E-state index contributed by atoms with van der Waals surface area (Å²) in [4.78, 5) is 0. The van der Waals surface area contributed by atoms with Gasteiger partial charge in [0, 0.05) is 24.1 Å². The highest BCUT2D eigenvalue weighted by Crippen LogP contribution is 2.39. The Morgan fingerprint density at radius 2 is 2.06 bits per heavy atom. The lowest BCUT2D eigenvalue weighted by atomic mass is 10.0. The largest absolute Gasteiger partial charge is 0.490 e. The average molecular weight is 238 g/mol. The summed E-state index contributed by atoms with van der Waals surface area (Å²) in [5.41, 5.74) is 6.04. The van der Waals surface area contributed by atoms with E-state index in [9.17, 15) is 8.78 Å². The van der Waals surface area contributed by atoms with Crippen LogP contribution >= 0.6 is 0 Å². The maximum atomic E-state index is 13.8. The SMILES string of the molecule is Nc1cc(-c2c(F)cc(F)c3c2CCO3)on1. The number of halogens is 2. The molecule has 0 atom stereocenters. The zero-order valence-electron chi connectivity index (χ0n) is 8.67. The Kier molecular flexibility index (Phi) is 2.04.